The SMILES string of the molecule is CCCNC1CCN(Cc2ncnn2CC(C)C)CC1. The highest BCUT2D eigenvalue weighted by atomic mass is 15.3. The Hall–Kier alpha value is -0.940. The maximum atomic E-state index is 4.43. The number of nitrogens with one attached hydrogen (secondary N) is 1. The van der Waals surface area contributed by atoms with Crippen LogP contribution in [0.25, 0.3) is 0 Å². The molecule has 5 heteroatoms. The molecule has 0 unspecified atom stereocenters. The molecule has 0 bridgehead atoms. The zero-order valence-corrected chi connectivity index (χ0v) is 13.2. The molecule has 1 aromatic heterocycles. The molecule has 0 aliphatic carbocycles. The largest absolute Gasteiger partial charge is 0.314 e. The van der Waals surface area contributed by atoms with Gasteiger partial charge in [0.1, 0.15) is 12.2 Å². The predicted octanol–water partition coefficient (Wildman–Crippen LogP) is 1.90. The van der Waals surface area contributed by atoms with Crippen LogP contribution in [0.2, 0.25) is 0 Å². The standard InChI is InChI=1S/C15H29N5/c1-4-7-16-14-5-8-19(9-6-14)11-15-17-12-18-20(15)10-13(2)3/h12-14,16H,4-11H2,1-3H3. The minimum atomic E-state index is 0.611. The highest BCUT2D eigenvalue weighted by molar-refractivity contribution is 4.87. The lowest BCUT2D eigenvalue weighted by molar-refractivity contribution is 0.183. The number of nitrogens with zero attached hydrogens (tertiary/aromatic N) is 4. The fraction of sp³-hybridized carbons (Fsp3) is 0.867. The molecule has 1 saturated heterocycles. The minimum Gasteiger partial charge on any atom is -0.314 e. The summed E-state index contributed by atoms with van der Waals surface area (Å²) in [5, 5.41) is 7.97. The molecule has 1 aromatic rings. The molecule has 0 amide bonds. The summed E-state index contributed by atoms with van der Waals surface area (Å²) < 4.78 is 2.06. The first-order valence-electron chi connectivity index (χ1n) is 8.01. The Morgan fingerprint density at radius 3 is 2.75 bits per heavy atom. The molecule has 0 saturated carbocycles. The summed E-state index contributed by atoms with van der Waals surface area (Å²) in [5.74, 6) is 1.72. The maximum absolute atomic E-state index is 4.43. The van der Waals surface area contributed by atoms with Crippen molar-refractivity contribution in [2.75, 3.05) is 19.6 Å². The lowest BCUT2D eigenvalue weighted by Crippen LogP contribution is -2.42. The second-order valence-corrected chi connectivity index (χ2v) is 6.26. The van der Waals surface area contributed by atoms with Crippen molar-refractivity contribution < 1.29 is 0 Å². The summed E-state index contributed by atoms with van der Waals surface area (Å²) >= 11 is 0. The van der Waals surface area contributed by atoms with E-state index in [4.69, 9.17) is 0 Å². The second-order valence-electron chi connectivity index (χ2n) is 6.26. The van der Waals surface area contributed by atoms with Gasteiger partial charge in [-0.1, -0.05) is 20.8 Å². The Morgan fingerprint density at radius 1 is 1.35 bits per heavy atom. The minimum absolute atomic E-state index is 0.611. The summed E-state index contributed by atoms with van der Waals surface area (Å²) in [6, 6.07) is 0.708. The van der Waals surface area contributed by atoms with Gasteiger partial charge in [-0.25, -0.2) is 9.67 Å². The van der Waals surface area contributed by atoms with Crippen LogP contribution in [-0.4, -0.2) is 45.3 Å². The number of rotatable bonds is 7. The van der Waals surface area contributed by atoms with Crippen molar-refractivity contribution >= 4 is 0 Å². The summed E-state index contributed by atoms with van der Waals surface area (Å²) in [7, 11) is 0. The monoisotopic (exact) mass is 279 g/mol. The Morgan fingerprint density at radius 2 is 2.10 bits per heavy atom. The topological polar surface area (TPSA) is 46.0 Å². The zero-order chi connectivity index (χ0) is 14.4. The highest BCUT2D eigenvalue weighted by Crippen LogP contribution is 2.13. The predicted molar refractivity (Wildman–Crippen MR) is 81.5 cm³/mol. The third-order valence-corrected chi connectivity index (χ3v) is 3.87. The first kappa shape index (κ1) is 15.4. The van der Waals surface area contributed by atoms with E-state index >= 15 is 0 Å². The third-order valence-electron chi connectivity index (χ3n) is 3.87. The van der Waals surface area contributed by atoms with Gasteiger partial charge in [0.05, 0.1) is 6.54 Å². The van der Waals surface area contributed by atoms with Crippen molar-refractivity contribution in [1.82, 2.24) is 25.0 Å². The van der Waals surface area contributed by atoms with Gasteiger partial charge in [-0.3, -0.25) is 4.90 Å². The number of likely N-dealkylation sites (tertiary alicyclic amines) is 1. The molecule has 1 aliphatic heterocycles. The average Bonchev–Trinajstić information content (AvgIpc) is 2.84. The van der Waals surface area contributed by atoms with Gasteiger partial charge in [-0.15, -0.1) is 0 Å². The quantitative estimate of drug-likeness (QED) is 0.828. The van der Waals surface area contributed by atoms with Crippen molar-refractivity contribution in [1.29, 1.82) is 0 Å². The summed E-state index contributed by atoms with van der Waals surface area (Å²) in [6.07, 6.45) is 5.41. The third kappa shape index (κ3) is 4.56. The van der Waals surface area contributed by atoms with Crippen molar-refractivity contribution in [3.63, 3.8) is 0 Å². The van der Waals surface area contributed by atoms with Crippen LogP contribution in [0, 0.1) is 5.92 Å². The van der Waals surface area contributed by atoms with Gasteiger partial charge < -0.3 is 5.32 Å². The van der Waals surface area contributed by atoms with E-state index in [9.17, 15) is 0 Å². The molecule has 5 nitrogen and oxygen atoms in total. The van der Waals surface area contributed by atoms with Crippen LogP contribution in [0.3, 0.4) is 0 Å². The first-order chi connectivity index (χ1) is 9.69. The molecule has 0 aromatic carbocycles. The van der Waals surface area contributed by atoms with E-state index in [0.29, 0.717) is 12.0 Å². The zero-order valence-electron chi connectivity index (χ0n) is 13.2. The maximum Gasteiger partial charge on any atom is 0.141 e. The fourth-order valence-corrected chi connectivity index (χ4v) is 2.75. The average molecular weight is 279 g/mol. The van der Waals surface area contributed by atoms with Gasteiger partial charge in [0.2, 0.25) is 0 Å². The fourth-order valence-electron chi connectivity index (χ4n) is 2.75. The number of hydrogen-bond acceptors (Lipinski definition) is 4. The Balaban J connectivity index is 1.79. The molecule has 20 heavy (non-hydrogen) atoms. The smallest absolute Gasteiger partial charge is 0.141 e. The van der Waals surface area contributed by atoms with Crippen LogP contribution in [-0.2, 0) is 13.1 Å². The summed E-state index contributed by atoms with van der Waals surface area (Å²) in [5.41, 5.74) is 0. The van der Waals surface area contributed by atoms with Gasteiger partial charge in [-0.2, -0.15) is 5.10 Å². The van der Waals surface area contributed by atoms with Crippen molar-refractivity contribution in [2.45, 2.75) is 59.2 Å². The molecule has 0 atom stereocenters. The van der Waals surface area contributed by atoms with Crippen molar-refractivity contribution in [3.8, 4) is 0 Å². The van der Waals surface area contributed by atoms with E-state index in [0.717, 1.165) is 38.5 Å². The lowest BCUT2D eigenvalue weighted by atomic mass is 10.0. The van der Waals surface area contributed by atoms with Gasteiger partial charge >= 0.3 is 0 Å². The van der Waals surface area contributed by atoms with E-state index < -0.39 is 0 Å². The van der Waals surface area contributed by atoms with Gasteiger partial charge in [-0.05, 0) is 31.7 Å². The molecular formula is C15H29N5. The lowest BCUT2D eigenvalue weighted by Gasteiger charge is -2.32. The number of hydrogen-bond donors (Lipinski definition) is 1. The van der Waals surface area contributed by atoms with E-state index in [-0.39, 0.29) is 0 Å². The molecule has 1 fully saturated rings. The summed E-state index contributed by atoms with van der Waals surface area (Å²) in [6.45, 7) is 12.0. The van der Waals surface area contributed by atoms with E-state index in [1.165, 1.54) is 19.3 Å². The van der Waals surface area contributed by atoms with Gasteiger partial charge in [0.15, 0.2) is 0 Å². The van der Waals surface area contributed by atoms with Crippen LogP contribution >= 0.6 is 0 Å². The molecule has 1 aliphatic rings. The van der Waals surface area contributed by atoms with E-state index in [1.807, 2.05) is 0 Å². The Bertz CT molecular complexity index is 379. The summed E-state index contributed by atoms with van der Waals surface area (Å²) in [4.78, 5) is 6.93. The molecular weight excluding hydrogens is 250 g/mol. The molecule has 114 valence electrons. The molecule has 0 spiro atoms. The Kier molecular flexibility index (Phi) is 5.98. The normalized spacial score (nSPS) is 18.0. The van der Waals surface area contributed by atoms with Gasteiger partial charge in [0, 0.05) is 25.7 Å². The highest BCUT2D eigenvalue weighted by Gasteiger charge is 2.20. The van der Waals surface area contributed by atoms with E-state index in [2.05, 4.69) is 45.8 Å². The first-order valence-corrected chi connectivity index (χ1v) is 8.01. The van der Waals surface area contributed by atoms with Crippen LogP contribution in [0.1, 0.15) is 45.9 Å². The van der Waals surface area contributed by atoms with Crippen LogP contribution in [0.4, 0.5) is 0 Å². The van der Waals surface area contributed by atoms with Crippen LogP contribution in [0.5, 0.6) is 0 Å². The molecule has 0 radical (unpaired) electrons. The van der Waals surface area contributed by atoms with Crippen LogP contribution < -0.4 is 5.32 Å². The number of aromatic nitrogens is 3. The number of piperidine rings is 1. The molecule has 2 heterocycles. The van der Waals surface area contributed by atoms with Crippen molar-refractivity contribution in [3.05, 3.63) is 12.2 Å². The van der Waals surface area contributed by atoms with Crippen molar-refractivity contribution in [2.24, 2.45) is 5.92 Å². The Labute approximate surface area is 122 Å². The van der Waals surface area contributed by atoms with Gasteiger partial charge in [0.25, 0.3) is 0 Å². The van der Waals surface area contributed by atoms with Crippen LogP contribution in [0.15, 0.2) is 6.33 Å². The second kappa shape index (κ2) is 7.74. The van der Waals surface area contributed by atoms with E-state index in [1.54, 1.807) is 6.33 Å². The molecule has 1 N–H and O–H groups in total. The molecule has 2 rings (SSSR count).